The van der Waals surface area contributed by atoms with E-state index in [-0.39, 0.29) is 6.42 Å². The molecule has 0 saturated heterocycles. The molecule has 0 aromatic heterocycles. The summed E-state index contributed by atoms with van der Waals surface area (Å²) in [5.74, 6) is -3.31. The molecule has 0 rings (SSSR count). The second-order valence-corrected chi connectivity index (χ2v) is 6.26. The molecule has 6 heteroatoms. The van der Waals surface area contributed by atoms with Gasteiger partial charge in [0.15, 0.2) is 0 Å². The highest BCUT2D eigenvalue weighted by molar-refractivity contribution is 7.99. The van der Waals surface area contributed by atoms with Crippen molar-refractivity contribution >= 4 is 11.8 Å². The summed E-state index contributed by atoms with van der Waals surface area (Å²) in [6.45, 7) is 2.17. The predicted octanol–water partition coefficient (Wildman–Crippen LogP) is 6.45. The molecule has 0 N–H and O–H groups in total. The molecule has 0 amide bonds. The number of rotatable bonds is 12. The van der Waals surface area contributed by atoms with E-state index in [0.717, 1.165) is 18.6 Å². The van der Waals surface area contributed by atoms with E-state index in [1.54, 1.807) is 0 Å². The van der Waals surface area contributed by atoms with Crippen molar-refractivity contribution in [2.45, 2.75) is 76.8 Å². The number of thioether (sulfide) groups is 1. The minimum absolute atomic E-state index is 0.0896. The van der Waals surface area contributed by atoms with Gasteiger partial charge in [-0.1, -0.05) is 45.4 Å². The standard InChI is InChI=1S/C14H25F5S/c1-2-3-4-5-6-7-8-11-20-12-9-10-13(15,16)14(17,18)19/h2-12H2,1H3. The van der Waals surface area contributed by atoms with Gasteiger partial charge in [0.25, 0.3) is 0 Å². The van der Waals surface area contributed by atoms with E-state index < -0.39 is 18.5 Å². The van der Waals surface area contributed by atoms with Gasteiger partial charge in [0.05, 0.1) is 0 Å². The first-order valence-corrected chi connectivity index (χ1v) is 8.49. The first-order valence-electron chi connectivity index (χ1n) is 7.33. The first kappa shape index (κ1) is 20.0. The summed E-state index contributed by atoms with van der Waals surface area (Å²) >= 11 is 1.47. The minimum atomic E-state index is -5.41. The summed E-state index contributed by atoms with van der Waals surface area (Å²) in [4.78, 5) is 0. The van der Waals surface area contributed by atoms with Crippen LogP contribution in [0.15, 0.2) is 0 Å². The van der Waals surface area contributed by atoms with Crippen molar-refractivity contribution in [2.75, 3.05) is 11.5 Å². The molecule has 122 valence electrons. The highest BCUT2D eigenvalue weighted by Gasteiger charge is 2.56. The zero-order valence-electron chi connectivity index (χ0n) is 12.1. The van der Waals surface area contributed by atoms with Gasteiger partial charge < -0.3 is 0 Å². The van der Waals surface area contributed by atoms with Crippen molar-refractivity contribution in [3.05, 3.63) is 0 Å². The topological polar surface area (TPSA) is 0 Å². The summed E-state index contributed by atoms with van der Waals surface area (Å²) in [6.07, 6.45) is 1.71. The summed E-state index contributed by atoms with van der Waals surface area (Å²) in [6, 6.07) is 0. The fourth-order valence-electron chi connectivity index (χ4n) is 1.80. The molecule has 0 aliphatic carbocycles. The van der Waals surface area contributed by atoms with Crippen molar-refractivity contribution in [3.63, 3.8) is 0 Å². The van der Waals surface area contributed by atoms with Crippen LogP contribution in [0.2, 0.25) is 0 Å². The fraction of sp³-hybridized carbons (Fsp3) is 1.00. The quantitative estimate of drug-likeness (QED) is 0.294. The van der Waals surface area contributed by atoms with Crippen molar-refractivity contribution in [3.8, 4) is 0 Å². The lowest BCUT2D eigenvalue weighted by Crippen LogP contribution is -2.36. The van der Waals surface area contributed by atoms with E-state index in [2.05, 4.69) is 6.92 Å². The van der Waals surface area contributed by atoms with Crippen LogP contribution in [0.25, 0.3) is 0 Å². The van der Waals surface area contributed by atoms with Gasteiger partial charge in [-0.3, -0.25) is 0 Å². The smallest absolute Gasteiger partial charge is 0.196 e. The molecule has 0 unspecified atom stereocenters. The molecule has 0 bridgehead atoms. The molecule has 0 fully saturated rings. The van der Waals surface area contributed by atoms with E-state index in [9.17, 15) is 22.0 Å². The molecule has 0 atom stereocenters. The van der Waals surface area contributed by atoms with E-state index in [1.807, 2.05) is 0 Å². The summed E-state index contributed by atoms with van der Waals surface area (Å²) in [5.41, 5.74) is 0. The van der Waals surface area contributed by atoms with Crippen molar-refractivity contribution < 1.29 is 22.0 Å². The molecule has 0 aliphatic heterocycles. The SMILES string of the molecule is CCCCCCCCCSCCCC(F)(F)C(F)(F)F. The predicted molar refractivity (Wildman–Crippen MR) is 75.6 cm³/mol. The van der Waals surface area contributed by atoms with Crippen molar-refractivity contribution in [1.82, 2.24) is 0 Å². The van der Waals surface area contributed by atoms with Gasteiger partial charge in [-0.25, -0.2) is 0 Å². The van der Waals surface area contributed by atoms with Gasteiger partial charge in [-0.15, -0.1) is 0 Å². The average molecular weight is 320 g/mol. The number of halogens is 5. The maximum Gasteiger partial charge on any atom is 0.453 e. The van der Waals surface area contributed by atoms with Crippen LogP contribution in [-0.2, 0) is 0 Å². The normalized spacial score (nSPS) is 12.9. The van der Waals surface area contributed by atoms with Crippen molar-refractivity contribution in [1.29, 1.82) is 0 Å². The molecular formula is C14H25F5S. The Morgan fingerprint density at radius 3 is 1.75 bits per heavy atom. The third kappa shape index (κ3) is 9.83. The van der Waals surface area contributed by atoms with Gasteiger partial charge in [-0.05, 0) is 24.3 Å². The van der Waals surface area contributed by atoms with E-state index in [0.29, 0.717) is 5.75 Å². The molecular weight excluding hydrogens is 295 g/mol. The molecule has 0 aliphatic rings. The maximum atomic E-state index is 12.6. The molecule has 0 spiro atoms. The van der Waals surface area contributed by atoms with Crippen LogP contribution in [0.4, 0.5) is 22.0 Å². The summed E-state index contributed by atoms with van der Waals surface area (Å²) in [5, 5.41) is 0. The van der Waals surface area contributed by atoms with Crippen molar-refractivity contribution in [2.24, 2.45) is 0 Å². The van der Waals surface area contributed by atoms with Gasteiger partial charge >= 0.3 is 12.1 Å². The Morgan fingerprint density at radius 2 is 1.20 bits per heavy atom. The lowest BCUT2D eigenvalue weighted by atomic mass is 10.1. The summed E-state index contributed by atoms with van der Waals surface area (Å²) < 4.78 is 60.8. The van der Waals surface area contributed by atoms with Gasteiger partial charge in [0.2, 0.25) is 0 Å². The van der Waals surface area contributed by atoms with E-state index in [4.69, 9.17) is 0 Å². The third-order valence-corrected chi connectivity index (χ3v) is 4.24. The molecule has 0 radical (unpaired) electrons. The number of unbranched alkanes of at least 4 members (excludes halogenated alkanes) is 6. The Balaban J connectivity index is 3.33. The van der Waals surface area contributed by atoms with Crippen LogP contribution >= 0.6 is 11.8 Å². The zero-order chi connectivity index (χ0) is 15.5. The second kappa shape index (κ2) is 10.7. The minimum Gasteiger partial charge on any atom is -0.196 e. The largest absolute Gasteiger partial charge is 0.453 e. The highest BCUT2D eigenvalue weighted by atomic mass is 32.2. The third-order valence-electron chi connectivity index (χ3n) is 3.09. The molecule has 0 aromatic rings. The van der Waals surface area contributed by atoms with Crippen LogP contribution in [0.3, 0.4) is 0 Å². The number of alkyl halides is 5. The highest BCUT2D eigenvalue weighted by Crippen LogP contribution is 2.39. The Hall–Kier alpha value is -0.0000000000000000555. The zero-order valence-corrected chi connectivity index (χ0v) is 12.9. The van der Waals surface area contributed by atoms with Gasteiger partial charge in [0, 0.05) is 6.42 Å². The number of hydrogen-bond acceptors (Lipinski definition) is 1. The lowest BCUT2D eigenvalue weighted by molar-refractivity contribution is -0.284. The molecule has 0 aromatic carbocycles. The van der Waals surface area contributed by atoms with E-state index in [1.165, 1.54) is 43.9 Å². The molecule has 0 saturated carbocycles. The second-order valence-electron chi connectivity index (χ2n) is 5.04. The maximum absolute atomic E-state index is 12.6. The average Bonchev–Trinajstić information content (AvgIpc) is 2.34. The molecule has 0 nitrogen and oxygen atoms in total. The number of hydrogen-bond donors (Lipinski definition) is 0. The van der Waals surface area contributed by atoms with Crippen LogP contribution in [0, 0.1) is 0 Å². The van der Waals surface area contributed by atoms with Crippen LogP contribution in [0.5, 0.6) is 0 Å². The Labute approximate surface area is 122 Å². The van der Waals surface area contributed by atoms with Crippen LogP contribution < -0.4 is 0 Å². The van der Waals surface area contributed by atoms with E-state index >= 15 is 0 Å². The first-order chi connectivity index (χ1) is 9.31. The Morgan fingerprint density at radius 1 is 0.700 bits per heavy atom. The van der Waals surface area contributed by atoms with Gasteiger partial charge in [0.1, 0.15) is 0 Å². The molecule has 0 heterocycles. The Kier molecular flexibility index (Phi) is 10.7. The van der Waals surface area contributed by atoms with Crippen LogP contribution in [0.1, 0.15) is 64.7 Å². The Bertz CT molecular complexity index is 228. The molecule has 20 heavy (non-hydrogen) atoms. The van der Waals surface area contributed by atoms with Crippen LogP contribution in [-0.4, -0.2) is 23.6 Å². The summed E-state index contributed by atoms with van der Waals surface area (Å²) in [7, 11) is 0. The lowest BCUT2D eigenvalue weighted by Gasteiger charge is -2.19. The monoisotopic (exact) mass is 320 g/mol. The van der Waals surface area contributed by atoms with Gasteiger partial charge in [-0.2, -0.15) is 33.7 Å². The fourth-order valence-corrected chi connectivity index (χ4v) is 2.76.